The predicted molar refractivity (Wildman–Crippen MR) is 141 cm³/mol. The number of hydrogen-bond donors (Lipinski definition) is 2. The van der Waals surface area contributed by atoms with Crippen LogP contribution in [0.1, 0.15) is 37.8 Å². The van der Waals surface area contributed by atoms with Crippen molar-refractivity contribution in [2.45, 2.75) is 45.3 Å². The molecule has 0 radical (unpaired) electrons. The summed E-state index contributed by atoms with van der Waals surface area (Å²) >= 11 is 1.18. The SMILES string of the molecule is CC[C@H](C)NC(=O)CSC1=Nc2ccccc2C2=N[C@H](CC(=O)NCc3ccccc3OC)C(=O)N12. The van der Waals surface area contributed by atoms with Gasteiger partial charge in [-0.05, 0) is 31.5 Å². The highest BCUT2D eigenvalue weighted by atomic mass is 32.2. The number of aliphatic imine (C=N–C) groups is 2. The van der Waals surface area contributed by atoms with Crippen LogP contribution in [0.2, 0.25) is 0 Å². The molecule has 2 aliphatic rings. The molecule has 0 saturated carbocycles. The van der Waals surface area contributed by atoms with E-state index in [0.29, 0.717) is 22.4 Å². The van der Waals surface area contributed by atoms with Crippen LogP contribution < -0.4 is 15.4 Å². The Bertz CT molecular complexity index is 1230. The van der Waals surface area contributed by atoms with Gasteiger partial charge in [-0.1, -0.05) is 49.0 Å². The molecule has 10 heteroatoms. The second-order valence-electron chi connectivity index (χ2n) is 8.51. The number of methoxy groups -OCH3 is 1. The average Bonchev–Trinajstić information content (AvgIpc) is 3.22. The van der Waals surface area contributed by atoms with Crippen molar-refractivity contribution in [2.24, 2.45) is 9.98 Å². The Morgan fingerprint density at radius 1 is 1.14 bits per heavy atom. The van der Waals surface area contributed by atoms with Crippen molar-refractivity contribution in [3.63, 3.8) is 0 Å². The third kappa shape index (κ3) is 5.59. The van der Waals surface area contributed by atoms with Crippen LogP contribution in [-0.4, -0.2) is 58.6 Å². The molecule has 4 rings (SSSR count). The molecule has 0 spiro atoms. The number of carbonyl (C=O) groups is 3. The van der Waals surface area contributed by atoms with Gasteiger partial charge in [0.15, 0.2) is 5.17 Å². The molecule has 2 atom stereocenters. The van der Waals surface area contributed by atoms with Gasteiger partial charge in [-0.25, -0.2) is 9.89 Å². The predicted octanol–water partition coefficient (Wildman–Crippen LogP) is 3.01. The van der Waals surface area contributed by atoms with Gasteiger partial charge in [0.05, 0.1) is 25.0 Å². The van der Waals surface area contributed by atoms with Crippen LogP contribution >= 0.6 is 11.8 Å². The molecule has 0 fully saturated rings. The quantitative estimate of drug-likeness (QED) is 0.542. The van der Waals surface area contributed by atoms with Crippen molar-refractivity contribution < 1.29 is 19.1 Å². The Kier molecular flexibility index (Phi) is 8.04. The van der Waals surface area contributed by atoms with E-state index in [2.05, 4.69) is 20.6 Å². The maximum Gasteiger partial charge on any atom is 0.259 e. The Morgan fingerprint density at radius 2 is 1.89 bits per heavy atom. The fourth-order valence-electron chi connectivity index (χ4n) is 3.87. The molecule has 2 heterocycles. The van der Waals surface area contributed by atoms with Gasteiger partial charge in [0.1, 0.15) is 17.6 Å². The van der Waals surface area contributed by atoms with Crippen molar-refractivity contribution in [1.29, 1.82) is 0 Å². The van der Waals surface area contributed by atoms with Gasteiger partial charge in [0.25, 0.3) is 5.91 Å². The van der Waals surface area contributed by atoms with E-state index in [0.717, 1.165) is 17.5 Å². The van der Waals surface area contributed by atoms with E-state index in [1.807, 2.05) is 62.4 Å². The van der Waals surface area contributed by atoms with Gasteiger partial charge < -0.3 is 15.4 Å². The highest BCUT2D eigenvalue weighted by molar-refractivity contribution is 8.14. The Morgan fingerprint density at radius 3 is 2.67 bits per heavy atom. The first kappa shape index (κ1) is 25.4. The summed E-state index contributed by atoms with van der Waals surface area (Å²) in [5, 5.41) is 6.15. The van der Waals surface area contributed by atoms with Gasteiger partial charge in [0.2, 0.25) is 11.8 Å². The van der Waals surface area contributed by atoms with Crippen LogP contribution in [0.25, 0.3) is 0 Å². The number of amidine groups is 2. The number of nitrogens with one attached hydrogen (secondary N) is 2. The second kappa shape index (κ2) is 11.4. The molecule has 9 nitrogen and oxygen atoms in total. The number of rotatable bonds is 9. The van der Waals surface area contributed by atoms with Gasteiger partial charge in [0, 0.05) is 23.7 Å². The highest BCUT2D eigenvalue weighted by Gasteiger charge is 2.42. The highest BCUT2D eigenvalue weighted by Crippen LogP contribution is 2.34. The Labute approximate surface area is 214 Å². The van der Waals surface area contributed by atoms with E-state index in [9.17, 15) is 14.4 Å². The molecule has 0 aromatic heterocycles. The van der Waals surface area contributed by atoms with Crippen molar-refractivity contribution in [2.75, 3.05) is 12.9 Å². The molecule has 3 amide bonds. The summed E-state index contributed by atoms with van der Waals surface area (Å²) in [6.07, 6.45) is 0.732. The number of benzene rings is 2. The fourth-order valence-corrected chi connectivity index (χ4v) is 4.68. The monoisotopic (exact) mass is 507 g/mol. The first-order valence-electron chi connectivity index (χ1n) is 11.8. The third-order valence-electron chi connectivity index (χ3n) is 5.95. The minimum absolute atomic E-state index is 0.0661. The molecule has 2 aromatic carbocycles. The summed E-state index contributed by atoms with van der Waals surface area (Å²) in [5.41, 5.74) is 2.23. The number of carbonyl (C=O) groups excluding carboxylic acids is 3. The topological polar surface area (TPSA) is 112 Å². The molecule has 188 valence electrons. The van der Waals surface area contributed by atoms with Crippen molar-refractivity contribution in [1.82, 2.24) is 15.5 Å². The molecular weight excluding hydrogens is 478 g/mol. The zero-order valence-electron chi connectivity index (χ0n) is 20.5. The number of amides is 3. The summed E-state index contributed by atoms with van der Waals surface area (Å²) in [4.78, 5) is 49.1. The second-order valence-corrected chi connectivity index (χ2v) is 9.45. The molecule has 2 aliphatic heterocycles. The molecule has 0 saturated heterocycles. The maximum atomic E-state index is 13.4. The summed E-state index contributed by atoms with van der Waals surface area (Å²) in [6.45, 7) is 4.22. The normalized spacial score (nSPS) is 16.9. The van der Waals surface area contributed by atoms with Gasteiger partial charge in [-0.15, -0.1) is 0 Å². The lowest BCUT2D eigenvalue weighted by molar-refractivity contribution is -0.128. The van der Waals surface area contributed by atoms with Crippen LogP contribution in [0.15, 0.2) is 58.5 Å². The Hall–Kier alpha value is -3.66. The number of thioether (sulfide) groups is 1. The third-order valence-corrected chi connectivity index (χ3v) is 6.89. The van der Waals surface area contributed by atoms with Crippen molar-refractivity contribution in [3.05, 3.63) is 59.7 Å². The van der Waals surface area contributed by atoms with Crippen LogP contribution in [0.4, 0.5) is 5.69 Å². The standard InChI is InChI=1S/C26H29N5O4S/c1-4-16(2)28-23(33)15-36-26-30-19-11-7-6-10-18(19)24-29-20(25(34)31(24)26)13-22(32)27-14-17-9-5-8-12-21(17)35-3/h5-12,16,20H,4,13-15H2,1-3H3,(H,27,32)(H,28,33)/t16-,20+/m0/s1. The van der Waals surface area contributed by atoms with Crippen LogP contribution in [0, 0.1) is 0 Å². The smallest absolute Gasteiger partial charge is 0.259 e. The van der Waals surface area contributed by atoms with E-state index in [4.69, 9.17) is 4.74 Å². The van der Waals surface area contributed by atoms with Gasteiger partial charge >= 0.3 is 0 Å². The first-order valence-corrected chi connectivity index (χ1v) is 12.8. The number of para-hydroxylation sites is 2. The van der Waals surface area contributed by atoms with E-state index in [-0.39, 0.29) is 42.5 Å². The molecular formula is C26H29N5O4S. The first-order chi connectivity index (χ1) is 17.4. The van der Waals surface area contributed by atoms with Crippen LogP contribution in [0.5, 0.6) is 5.75 Å². The summed E-state index contributed by atoms with van der Waals surface area (Å²) in [7, 11) is 1.58. The van der Waals surface area contributed by atoms with Gasteiger partial charge in [-0.3, -0.25) is 19.4 Å². The zero-order chi connectivity index (χ0) is 25.7. The van der Waals surface area contributed by atoms with E-state index >= 15 is 0 Å². The summed E-state index contributed by atoms with van der Waals surface area (Å²) in [5.74, 6) is 0.494. The largest absolute Gasteiger partial charge is 0.496 e. The molecule has 0 aliphatic carbocycles. The summed E-state index contributed by atoms with van der Waals surface area (Å²) < 4.78 is 5.33. The molecule has 36 heavy (non-hydrogen) atoms. The molecule has 0 bridgehead atoms. The minimum atomic E-state index is -0.872. The molecule has 2 aromatic rings. The number of hydrogen-bond acceptors (Lipinski definition) is 7. The van der Waals surface area contributed by atoms with E-state index in [1.165, 1.54) is 16.7 Å². The van der Waals surface area contributed by atoms with Crippen molar-refractivity contribution in [3.8, 4) is 5.75 Å². The van der Waals surface area contributed by atoms with Gasteiger partial charge in [-0.2, -0.15) is 0 Å². The maximum absolute atomic E-state index is 13.4. The molecule has 2 N–H and O–H groups in total. The molecule has 0 unspecified atom stereocenters. The van der Waals surface area contributed by atoms with Crippen molar-refractivity contribution >= 4 is 46.2 Å². The number of nitrogens with zero attached hydrogens (tertiary/aromatic N) is 3. The van der Waals surface area contributed by atoms with Crippen LogP contribution in [-0.2, 0) is 20.9 Å². The average molecular weight is 508 g/mol. The zero-order valence-corrected chi connectivity index (χ0v) is 21.3. The minimum Gasteiger partial charge on any atom is -0.496 e. The lowest BCUT2D eigenvalue weighted by atomic mass is 10.1. The lowest BCUT2D eigenvalue weighted by Crippen LogP contribution is -2.42. The number of ether oxygens (including phenoxy) is 1. The lowest BCUT2D eigenvalue weighted by Gasteiger charge is -2.25. The Balaban J connectivity index is 1.47. The van der Waals surface area contributed by atoms with E-state index < -0.39 is 6.04 Å². The summed E-state index contributed by atoms with van der Waals surface area (Å²) in [6, 6.07) is 14.0. The van der Waals surface area contributed by atoms with E-state index in [1.54, 1.807) is 7.11 Å². The van der Waals surface area contributed by atoms with Crippen LogP contribution in [0.3, 0.4) is 0 Å². The number of fused-ring (bicyclic) bond motifs is 3. The fraction of sp³-hybridized carbons (Fsp3) is 0.346.